The summed E-state index contributed by atoms with van der Waals surface area (Å²) in [5, 5.41) is 4.50. The molecular weight excluding hydrogens is 401 g/mol. The van der Waals surface area contributed by atoms with Crippen molar-refractivity contribution in [2.75, 3.05) is 12.7 Å². The van der Waals surface area contributed by atoms with E-state index >= 15 is 0 Å². The van der Waals surface area contributed by atoms with Gasteiger partial charge in [0.05, 0.1) is 0 Å². The van der Waals surface area contributed by atoms with E-state index in [9.17, 15) is 0 Å². The summed E-state index contributed by atoms with van der Waals surface area (Å²) in [6, 6.07) is 33.4. The van der Waals surface area contributed by atoms with Gasteiger partial charge >= 0.3 is 152 Å². The predicted molar refractivity (Wildman–Crippen MR) is 125 cm³/mol. The molecule has 2 N–H and O–H groups in total. The summed E-state index contributed by atoms with van der Waals surface area (Å²) in [6.07, 6.45) is 4.77. The van der Waals surface area contributed by atoms with Crippen molar-refractivity contribution in [1.29, 1.82) is 0 Å². The predicted octanol–water partition coefficient (Wildman–Crippen LogP) is 4.42. The van der Waals surface area contributed by atoms with Crippen molar-refractivity contribution in [1.82, 2.24) is 0 Å². The summed E-state index contributed by atoms with van der Waals surface area (Å²) in [4.78, 5) is 0. The van der Waals surface area contributed by atoms with Gasteiger partial charge in [-0.25, -0.2) is 0 Å². The van der Waals surface area contributed by atoms with Crippen molar-refractivity contribution >= 4 is 40.2 Å². The fourth-order valence-corrected chi connectivity index (χ4v) is 8.74. The molecule has 0 amide bonds. The van der Waals surface area contributed by atoms with Crippen LogP contribution in [-0.4, -0.2) is 12.7 Å². The molecule has 0 saturated heterocycles. The third-order valence-corrected chi connectivity index (χ3v) is 10.1. The van der Waals surface area contributed by atoms with E-state index in [0.717, 1.165) is 13.0 Å². The van der Waals surface area contributed by atoms with Gasteiger partial charge in [-0.1, -0.05) is 0 Å². The molecule has 3 heteroatoms. The van der Waals surface area contributed by atoms with Gasteiger partial charge < -0.3 is 0 Å². The van der Waals surface area contributed by atoms with Crippen LogP contribution in [0.25, 0.3) is 0 Å². The Kier molecular flexibility index (Phi) is 8.51. The topological polar surface area (TPSA) is 26.0 Å². The molecular formula is C23H29BrNP. The Bertz CT molecular complexity index is 650. The molecule has 0 unspecified atom stereocenters. The van der Waals surface area contributed by atoms with Gasteiger partial charge in [0.1, 0.15) is 0 Å². The standard InChI is InChI=1S/C23H28NP.BrH/c24-19-11-4-12-20-25(21-13-5-1-6-14-21,22-15-7-2-8-16-22)23-17-9-3-10-18-23;/h1-3,5-10,13-18,25H,4,11-12,19-20,24H2;1H. The third-order valence-electron chi connectivity index (χ3n) is 5.06. The molecule has 0 aliphatic rings. The van der Waals surface area contributed by atoms with Gasteiger partial charge in [0, 0.05) is 0 Å². The molecule has 0 aliphatic carbocycles. The maximum absolute atomic E-state index is 5.72. The van der Waals surface area contributed by atoms with Crippen LogP contribution in [0.3, 0.4) is 0 Å². The first-order valence-corrected chi connectivity index (χ1v) is 11.5. The van der Waals surface area contributed by atoms with Crippen LogP contribution in [0.15, 0.2) is 91.0 Å². The van der Waals surface area contributed by atoms with Crippen LogP contribution in [-0.2, 0) is 0 Å². The maximum atomic E-state index is 5.72. The van der Waals surface area contributed by atoms with E-state index in [2.05, 4.69) is 91.0 Å². The Hall–Kier alpha value is -1.47. The van der Waals surface area contributed by atoms with Crippen LogP contribution in [0.4, 0.5) is 0 Å². The second kappa shape index (κ2) is 10.6. The molecule has 0 aliphatic heterocycles. The minimum absolute atomic E-state index is 0. The third kappa shape index (κ3) is 4.62. The Morgan fingerprint density at radius 2 is 0.923 bits per heavy atom. The molecule has 0 heterocycles. The zero-order chi connectivity index (χ0) is 17.4. The van der Waals surface area contributed by atoms with Crippen molar-refractivity contribution in [3.63, 3.8) is 0 Å². The SMILES string of the molecule is Br.NCCCCC[PH](c1ccccc1)(c1ccccc1)c1ccccc1. The Morgan fingerprint density at radius 3 is 1.27 bits per heavy atom. The fraction of sp³-hybridized carbons (Fsp3) is 0.217. The molecule has 0 fully saturated rings. The van der Waals surface area contributed by atoms with Gasteiger partial charge in [-0.05, 0) is 0 Å². The second-order valence-corrected chi connectivity index (χ2v) is 10.6. The Labute approximate surface area is 168 Å². The van der Waals surface area contributed by atoms with Gasteiger partial charge in [0.2, 0.25) is 0 Å². The number of rotatable bonds is 8. The van der Waals surface area contributed by atoms with Gasteiger partial charge in [0.15, 0.2) is 0 Å². The number of benzene rings is 3. The van der Waals surface area contributed by atoms with E-state index in [1.165, 1.54) is 34.9 Å². The molecule has 3 aromatic carbocycles. The van der Waals surface area contributed by atoms with Crippen LogP contribution < -0.4 is 21.6 Å². The van der Waals surface area contributed by atoms with Gasteiger partial charge in [-0.15, -0.1) is 17.0 Å². The van der Waals surface area contributed by atoms with Crippen molar-refractivity contribution in [3.05, 3.63) is 91.0 Å². The average molecular weight is 430 g/mol. The number of unbranched alkanes of at least 4 members (excludes halogenated alkanes) is 2. The molecule has 0 saturated carbocycles. The molecule has 3 aromatic rings. The molecule has 0 atom stereocenters. The first-order chi connectivity index (χ1) is 12.4. The van der Waals surface area contributed by atoms with Gasteiger partial charge in [0.25, 0.3) is 0 Å². The van der Waals surface area contributed by atoms with E-state index in [1.807, 2.05) is 0 Å². The van der Waals surface area contributed by atoms with Crippen molar-refractivity contribution < 1.29 is 0 Å². The van der Waals surface area contributed by atoms with Crippen LogP contribution in [0.1, 0.15) is 19.3 Å². The van der Waals surface area contributed by atoms with Crippen molar-refractivity contribution in [2.45, 2.75) is 19.3 Å². The summed E-state index contributed by atoms with van der Waals surface area (Å²) in [5.41, 5.74) is 5.72. The fourth-order valence-electron chi connectivity index (χ4n) is 3.81. The molecule has 0 radical (unpaired) electrons. The summed E-state index contributed by atoms with van der Waals surface area (Å²) >= 11 is 0. The normalized spacial score (nSPS) is 11.6. The summed E-state index contributed by atoms with van der Waals surface area (Å²) < 4.78 is 0. The molecule has 1 nitrogen and oxygen atoms in total. The zero-order valence-electron chi connectivity index (χ0n) is 15.2. The van der Waals surface area contributed by atoms with Gasteiger partial charge in [-0.2, -0.15) is 0 Å². The molecule has 0 spiro atoms. The van der Waals surface area contributed by atoms with Crippen LogP contribution >= 0.6 is 24.2 Å². The monoisotopic (exact) mass is 429 g/mol. The number of nitrogens with two attached hydrogens (primary N) is 1. The van der Waals surface area contributed by atoms with Gasteiger partial charge in [-0.3, -0.25) is 0 Å². The Morgan fingerprint density at radius 1 is 0.538 bits per heavy atom. The zero-order valence-corrected chi connectivity index (χ0v) is 17.9. The number of halogens is 1. The molecule has 3 rings (SSSR count). The summed E-state index contributed by atoms with van der Waals surface area (Å²) in [6.45, 7) is 0.788. The molecule has 0 aromatic heterocycles. The molecule has 26 heavy (non-hydrogen) atoms. The summed E-state index contributed by atoms with van der Waals surface area (Å²) in [5.74, 6) is 0. The first kappa shape index (κ1) is 20.8. The number of hydrogen-bond acceptors (Lipinski definition) is 1. The van der Waals surface area contributed by atoms with E-state index < -0.39 is 7.26 Å². The van der Waals surface area contributed by atoms with E-state index in [4.69, 9.17) is 5.73 Å². The summed E-state index contributed by atoms with van der Waals surface area (Å²) in [7, 11) is -2.01. The van der Waals surface area contributed by atoms with E-state index in [0.29, 0.717) is 0 Å². The molecule has 138 valence electrons. The van der Waals surface area contributed by atoms with Crippen LogP contribution in [0.5, 0.6) is 0 Å². The molecule has 0 bridgehead atoms. The van der Waals surface area contributed by atoms with E-state index in [-0.39, 0.29) is 17.0 Å². The number of hydrogen-bond donors (Lipinski definition) is 1. The quantitative estimate of drug-likeness (QED) is 0.416. The van der Waals surface area contributed by atoms with E-state index in [1.54, 1.807) is 0 Å². The van der Waals surface area contributed by atoms with Crippen LogP contribution in [0.2, 0.25) is 0 Å². The minimum atomic E-state index is -2.01. The van der Waals surface area contributed by atoms with Crippen molar-refractivity contribution in [3.8, 4) is 0 Å². The van der Waals surface area contributed by atoms with Crippen LogP contribution in [0, 0.1) is 0 Å². The van der Waals surface area contributed by atoms with Crippen molar-refractivity contribution in [2.24, 2.45) is 5.73 Å². The second-order valence-electron chi connectivity index (χ2n) is 6.60. The Balaban J connectivity index is 0.00000243. The average Bonchev–Trinajstić information content (AvgIpc) is 2.70. The first-order valence-electron chi connectivity index (χ1n) is 9.24.